The molecule has 5 nitrogen and oxygen atoms in total. The molecular weight excluding hydrogens is 319 g/mol. The van der Waals surface area contributed by atoms with E-state index >= 15 is 0 Å². The van der Waals surface area contributed by atoms with Gasteiger partial charge in [-0.2, -0.15) is 0 Å². The Hall–Kier alpha value is -1.66. The monoisotopic (exact) mass is 336 g/mol. The van der Waals surface area contributed by atoms with Gasteiger partial charge in [-0.3, -0.25) is 4.79 Å². The van der Waals surface area contributed by atoms with Gasteiger partial charge in [-0.05, 0) is 31.2 Å². The summed E-state index contributed by atoms with van der Waals surface area (Å²) in [6, 6.07) is 3.23. The molecule has 3 heterocycles. The topological polar surface area (TPSA) is 64.2 Å². The zero-order valence-corrected chi connectivity index (χ0v) is 13.4. The van der Waals surface area contributed by atoms with Crippen molar-refractivity contribution in [2.24, 2.45) is 11.7 Å². The molecular formula is C16H18ClFN4O. The van der Waals surface area contributed by atoms with Gasteiger partial charge in [-0.25, -0.2) is 9.37 Å². The molecule has 0 aromatic carbocycles. The van der Waals surface area contributed by atoms with Gasteiger partial charge < -0.3 is 15.2 Å². The fourth-order valence-electron chi connectivity index (χ4n) is 3.71. The lowest BCUT2D eigenvalue weighted by Crippen LogP contribution is -2.34. The van der Waals surface area contributed by atoms with Crippen molar-refractivity contribution in [1.82, 2.24) is 9.55 Å². The Morgan fingerprint density at radius 2 is 2.17 bits per heavy atom. The molecule has 5 rings (SSSR count). The lowest BCUT2D eigenvalue weighted by Gasteiger charge is -2.22. The maximum atomic E-state index is 14.5. The first kappa shape index (κ1) is 14.9. The van der Waals surface area contributed by atoms with Crippen LogP contribution in [0.25, 0.3) is 11.0 Å². The number of pyridine rings is 2. The van der Waals surface area contributed by atoms with Crippen LogP contribution >= 0.6 is 12.4 Å². The van der Waals surface area contributed by atoms with Crippen molar-refractivity contribution in [3.05, 3.63) is 34.4 Å². The van der Waals surface area contributed by atoms with Crippen molar-refractivity contribution in [2.75, 3.05) is 18.0 Å². The molecule has 2 atom stereocenters. The average Bonchev–Trinajstić information content (AvgIpc) is 3.39. The summed E-state index contributed by atoms with van der Waals surface area (Å²) in [6.45, 7) is 1.40. The van der Waals surface area contributed by atoms with E-state index in [9.17, 15) is 9.18 Å². The Morgan fingerprint density at radius 3 is 2.83 bits per heavy atom. The van der Waals surface area contributed by atoms with Gasteiger partial charge in [0.05, 0.1) is 5.39 Å². The minimum atomic E-state index is -0.428. The standard InChI is InChI=1S/C16H17FN4O.ClH/c17-12-5-11-13(22)3-4-21(10-1-2-10)14(11)19-15(12)20-7-9-6-16(9,18)8-20;/h3-5,9-10H,1-2,6-8,18H2;1H. The Kier molecular flexibility index (Phi) is 3.03. The second-order valence-corrected chi connectivity index (χ2v) is 7.00. The van der Waals surface area contributed by atoms with Crippen LogP contribution in [0.4, 0.5) is 10.2 Å². The molecule has 2 aromatic heterocycles. The van der Waals surface area contributed by atoms with E-state index in [0.29, 0.717) is 35.4 Å². The first-order valence-electron chi connectivity index (χ1n) is 7.80. The van der Waals surface area contributed by atoms with Gasteiger partial charge in [-0.1, -0.05) is 0 Å². The number of rotatable bonds is 2. The summed E-state index contributed by atoms with van der Waals surface area (Å²) in [5.41, 5.74) is 6.47. The van der Waals surface area contributed by atoms with Crippen LogP contribution < -0.4 is 16.1 Å². The summed E-state index contributed by atoms with van der Waals surface area (Å²) >= 11 is 0. The number of halogens is 2. The zero-order valence-electron chi connectivity index (χ0n) is 12.5. The van der Waals surface area contributed by atoms with Crippen LogP contribution in [0.3, 0.4) is 0 Å². The van der Waals surface area contributed by atoms with E-state index in [0.717, 1.165) is 25.8 Å². The van der Waals surface area contributed by atoms with Gasteiger partial charge in [0.2, 0.25) is 0 Å². The third kappa shape index (κ3) is 2.16. The average molecular weight is 337 g/mol. The molecule has 0 bridgehead atoms. The summed E-state index contributed by atoms with van der Waals surface area (Å²) in [7, 11) is 0. The molecule has 23 heavy (non-hydrogen) atoms. The van der Waals surface area contributed by atoms with Gasteiger partial charge in [0.1, 0.15) is 5.65 Å². The molecule has 122 valence electrons. The first-order valence-corrected chi connectivity index (χ1v) is 7.80. The van der Waals surface area contributed by atoms with Gasteiger partial charge in [-0.15, -0.1) is 12.4 Å². The number of hydrogen-bond acceptors (Lipinski definition) is 4. The smallest absolute Gasteiger partial charge is 0.191 e. The van der Waals surface area contributed by atoms with E-state index in [1.54, 1.807) is 6.20 Å². The highest BCUT2D eigenvalue weighted by molar-refractivity contribution is 5.85. The molecule has 3 fully saturated rings. The van der Waals surface area contributed by atoms with Crippen molar-refractivity contribution >= 4 is 29.3 Å². The number of nitrogens with two attached hydrogens (primary N) is 1. The summed E-state index contributed by atoms with van der Waals surface area (Å²) in [6.07, 6.45) is 4.97. The second-order valence-electron chi connectivity index (χ2n) is 7.00. The maximum Gasteiger partial charge on any atom is 0.191 e. The third-order valence-electron chi connectivity index (χ3n) is 5.28. The molecule has 2 aliphatic carbocycles. The Balaban J connectivity index is 0.00000135. The first-order chi connectivity index (χ1) is 10.5. The summed E-state index contributed by atoms with van der Waals surface area (Å²) < 4.78 is 16.5. The SMILES string of the molecule is Cl.NC12CC1CN(c1nc3c(cc1F)c(=O)ccn3C1CC1)C2. The largest absolute Gasteiger partial charge is 0.352 e. The Labute approximate surface area is 138 Å². The van der Waals surface area contributed by atoms with Gasteiger partial charge in [0.25, 0.3) is 0 Å². The van der Waals surface area contributed by atoms with E-state index in [-0.39, 0.29) is 23.4 Å². The quantitative estimate of drug-likeness (QED) is 0.908. The number of fused-ring (bicyclic) bond motifs is 2. The molecule has 1 saturated heterocycles. The van der Waals surface area contributed by atoms with E-state index in [2.05, 4.69) is 4.98 Å². The summed E-state index contributed by atoms with van der Waals surface area (Å²) in [4.78, 5) is 18.5. The lowest BCUT2D eigenvalue weighted by molar-refractivity contribution is 0.608. The molecule has 0 amide bonds. The third-order valence-corrected chi connectivity index (χ3v) is 5.28. The zero-order chi connectivity index (χ0) is 15.1. The van der Waals surface area contributed by atoms with E-state index < -0.39 is 5.82 Å². The van der Waals surface area contributed by atoms with Crippen molar-refractivity contribution in [3.8, 4) is 0 Å². The van der Waals surface area contributed by atoms with Gasteiger partial charge in [0.15, 0.2) is 17.1 Å². The van der Waals surface area contributed by atoms with E-state index in [1.165, 1.54) is 12.1 Å². The van der Waals surface area contributed by atoms with Crippen molar-refractivity contribution in [3.63, 3.8) is 0 Å². The maximum absolute atomic E-state index is 14.5. The van der Waals surface area contributed by atoms with Gasteiger partial charge in [0, 0.05) is 36.9 Å². The van der Waals surface area contributed by atoms with Crippen molar-refractivity contribution in [2.45, 2.75) is 30.8 Å². The lowest BCUT2D eigenvalue weighted by atomic mass is 10.2. The Morgan fingerprint density at radius 1 is 1.39 bits per heavy atom. The van der Waals surface area contributed by atoms with Crippen LogP contribution in [0, 0.1) is 11.7 Å². The van der Waals surface area contributed by atoms with Crippen LogP contribution in [0.2, 0.25) is 0 Å². The number of hydrogen-bond donors (Lipinski definition) is 1. The minimum Gasteiger partial charge on any atom is -0.352 e. The molecule has 2 aromatic rings. The Bertz CT molecular complexity index is 865. The van der Waals surface area contributed by atoms with Crippen LogP contribution in [-0.4, -0.2) is 28.2 Å². The van der Waals surface area contributed by atoms with Crippen LogP contribution in [0.1, 0.15) is 25.3 Å². The van der Waals surface area contributed by atoms with Crippen LogP contribution in [-0.2, 0) is 0 Å². The van der Waals surface area contributed by atoms with E-state index in [1.807, 2.05) is 9.47 Å². The number of piperidine rings is 1. The highest BCUT2D eigenvalue weighted by Gasteiger charge is 2.57. The number of aromatic nitrogens is 2. The minimum absolute atomic E-state index is 0. The molecule has 2 saturated carbocycles. The van der Waals surface area contributed by atoms with Crippen LogP contribution in [0.5, 0.6) is 0 Å². The second kappa shape index (κ2) is 4.68. The van der Waals surface area contributed by atoms with Gasteiger partial charge >= 0.3 is 0 Å². The molecule has 2 unspecified atom stereocenters. The molecule has 0 spiro atoms. The predicted molar refractivity (Wildman–Crippen MR) is 88.7 cm³/mol. The van der Waals surface area contributed by atoms with Crippen LogP contribution in [0.15, 0.2) is 23.1 Å². The fraction of sp³-hybridized carbons (Fsp3) is 0.500. The molecule has 3 aliphatic rings. The molecule has 7 heteroatoms. The molecule has 1 aliphatic heterocycles. The molecule has 0 radical (unpaired) electrons. The summed E-state index contributed by atoms with van der Waals surface area (Å²) in [5.74, 6) is 0.360. The predicted octanol–water partition coefficient (Wildman–Crippen LogP) is 1.83. The fourth-order valence-corrected chi connectivity index (χ4v) is 3.71. The number of nitrogens with zero attached hydrogens (tertiary/aromatic N) is 3. The highest BCUT2D eigenvalue weighted by atomic mass is 35.5. The molecule has 2 N–H and O–H groups in total. The van der Waals surface area contributed by atoms with Crippen molar-refractivity contribution in [1.29, 1.82) is 0 Å². The highest BCUT2D eigenvalue weighted by Crippen LogP contribution is 2.48. The normalized spacial score (nSPS) is 28.6. The van der Waals surface area contributed by atoms with Crippen molar-refractivity contribution < 1.29 is 4.39 Å². The summed E-state index contributed by atoms with van der Waals surface area (Å²) in [5, 5.41) is 0.363. The van der Waals surface area contributed by atoms with E-state index in [4.69, 9.17) is 5.73 Å². The number of anilines is 1.